The van der Waals surface area contributed by atoms with E-state index in [1.165, 1.54) is 45.6 Å². The van der Waals surface area contributed by atoms with Crippen molar-refractivity contribution >= 4 is 16.0 Å². The molecule has 0 aliphatic carbocycles. The number of amides is 1. The summed E-state index contributed by atoms with van der Waals surface area (Å²) < 4.78 is 86.9. The lowest BCUT2D eigenvalue weighted by Gasteiger charge is -2.30. The van der Waals surface area contributed by atoms with Gasteiger partial charge in [0.15, 0.2) is 11.5 Å². The first-order valence-corrected chi connectivity index (χ1v) is 12.7. The van der Waals surface area contributed by atoms with Crippen molar-refractivity contribution in [3.8, 4) is 17.2 Å². The molecule has 0 saturated carbocycles. The molecule has 1 atom stereocenters. The van der Waals surface area contributed by atoms with Crippen LogP contribution in [-0.2, 0) is 21.7 Å². The summed E-state index contributed by atoms with van der Waals surface area (Å²) in [5, 5.41) is 0. The molecule has 1 N–H and O–H groups in total. The van der Waals surface area contributed by atoms with E-state index >= 15 is 0 Å². The third-order valence-corrected chi connectivity index (χ3v) is 7.24. The van der Waals surface area contributed by atoms with E-state index in [0.717, 1.165) is 12.1 Å². The van der Waals surface area contributed by atoms with Crippen LogP contribution in [0.25, 0.3) is 0 Å². The van der Waals surface area contributed by atoms with Crippen molar-refractivity contribution in [1.82, 2.24) is 4.90 Å². The van der Waals surface area contributed by atoms with Gasteiger partial charge in [-0.15, -0.1) is 0 Å². The Hall–Kier alpha value is -2.99. The number of rotatable bonds is 9. The van der Waals surface area contributed by atoms with Gasteiger partial charge >= 0.3 is 6.18 Å². The summed E-state index contributed by atoms with van der Waals surface area (Å²) >= 11 is 0. The van der Waals surface area contributed by atoms with Crippen LogP contribution in [0.1, 0.15) is 40.7 Å². The number of ether oxygens (including phenoxy) is 3. The molecule has 1 fully saturated rings. The molecule has 12 heteroatoms. The molecule has 0 aromatic heterocycles. The average molecular weight is 532 g/mol. The molecule has 1 amide bonds. The fourth-order valence-corrected chi connectivity index (χ4v) is 5.13. The molecule has 0 spiro atoms. The third kappa shape index (κ3) is 6.04. The van der Waals surface area contributed by atoms with Crippen LogP contribution in [0, 0.1) is 0 Å². The van der Waals surface area contributed by atoms with Crippen LogP contribution in [0.4, 0.5) is 13.2 Å². The summed E-state index contributed by atoms with van der Waals surface area (Å²) in [6.45, 7) is 0.446. The number of methoxy groups -OCH3 is 3. The van der Waals surface area contributed by atoms with E-state index in [0.29, 0.717) is 35.8 Å². The van der Waals surface area contributed by atoms with E-state index < -0.39 is 33.0 Å². The highest BCUT2D eigenvalue weighted by molar-refractivity contribution is 7.85. The highest BCUT2D eigenvalue weighted by atomic mass is 32.2. The number of carbonyl (C=O) groups excluding carboxylic acids is 1. The fourth-order valence-electron chi connectivity index (χ4n) is 4.62. The molecule has 1 saturated heterocycles. The van der Waals surface area contributed by atoms with Crippen molar-refractivity contribution < 1.29 is 45.1 Å². The standard InChI is InChI=1S/C24H28F3NO7S/c1-33-19-13-16(14-20(34-2)21(19)35-3)22(29)28-11-10-23(15-28,9-4-12-36(30,31)32)17-5-7-18(8-6-17)24(25,26)27/h5-8,13-14H,4,9-12,15H2,1-3H3,(H,30,31,32). The van der Waals surface area contributed by atoms with Crippen molar-refractivity contribution in [3.05, 3.63) is 53.1 Å². The minimum Gasteiger partial charge on any atom is -0.493 e. The molecule has 0 bridgehead atoms. The van der Waals surface area contributed by atoms with Gasteiger partial charge in [-0.3, -0.25) is 9.35 Å². The van der Waals surface area contributed by atoms with E-state index in [9.17, 15) is 26.4 Å². The lowest BCUT2D eigenvalue weighted by Crippen LogP contribution is -2.35. The summed E-state index contributed by atoms with van der Waals surface area (Å²) in [6, 6.07) is 7.71. The monoisotopic (exact) mass is 531 g/mol. The zero-order valence-electron chi connectivity index (χ0n) is 20.1. The van der Waals surface area contributed by atoms with Gasteiger partial charge < -0.3 is 19.1 Å². The Labute approximate surface area is 207 Å². The predicted molar refractivity (Wildman–Crippen MR) is 125 cm³/mol. The average Bonchev–Trinajstić information content (AvgIpc) is 3.26. The van der Waals surface area contributed by atoms with Crippen LogP contribution in [0.2, 0.25) is 0 Å². The Kier molecular flexibility index (Phi) is 8.09. The molecular weight excluding hydrogens is 503 g/mol. The van der Waals surface area contributed by atoms with Crippen LogP contribution in [0.5, 0.6) is 17.2 Å². The summed E-state index contributed by atoms with van der Waals surface area (Å²) in [6.07, 6.45) is -3.77. The second-order valence-electron chi connectivity index (χ2n) is 8.64. The highest BCUT2D eigenvalue weighted by Crippen LogP contribution is 2.42. The smallest absolute Gasteiger partial charge is 0.416 e. The second kappa shape index (κ2) is 10.6. The van der Waals surface area contributed by atoms with Crippen molar-refractivity contribution in [2.75, 3.05) is 40.2 Å². The van der Waals surface area contributed by atoms with Crippen LogP contribution in [0.3, 0.4) is 0 Å². The Balaban J connectivity index is 1.93. The van der Waals surface area contributed by atoms with E-state index in [4.69, 9.17) is 18.8 Å². The number of hydrogen-bond acceptors (Lipinski definition) is 6. The molecular formula is C24H28F3NO7S. The van der Waals surface area contributed by atoms with Crippen LogP contribution in [-0.4, -0.2) is 63.9 Å². The lowest BCUT2D eigenvalue weighted by atomic mass is 9.76. The van der Waals surface area contributed by atoms with Gasteiger partial charge in [0.1, 0.15) is 0 Å². The van der Waals surface area contributed by atoms with Gasteiger partial charge in [0.2, 0.25) is 5.75 Å². The van der Waals surface area contributed by atoms with Crippen molar-refractivity contribution in [1.29, 1.82) is 0 Å². The van der Waals surface area contributed by atoms with Crippen LogP contribution in [0.15, 0.2) is 36.4 Å². The number of alkyl halides is 3. The Morgan fingerprint density at radius 3 is 2.11 bits per heavy atom. The molecule has 1 unspecified atom stereocenters. The largest absolute Gasteiger partial charge is 0.493 e. The van der Waals surface area contributed by atoms with Gasteiger partial charge in [-0.2, -0.15) is 21.6 Å². The minimum absolute atomic E-state index is 0.0755. The normalized spacial score (nSPS) is 18.2. The zero-order valence-corrected chi connectivity index (χ0v) is 20.9. The third-order valence-electron chi connectivity index (χ3n) is 6.43. The zero-order chi connectivity index (χ0) is 26.7. The predicted octanol–water partition coefficient (Wildman–Crippen LogP) is 4.18. The van der Waals surface area contributed by atoms with Gasteiger partial charge in [0.05, 0.1) is 32.6 Å². The first kappa shape index (κ1) is 27.6. The summed E-state index contributed by atoms with van der Waals surface area (Å²) in [4.78, 5) is 15.0. The maximum atomic E-state index is 13.4. The molecule has 36 heavy (non-hydrogen) atoms. The maximum absolute atomic E-state index is 13.4. The minimum atomic E-state index is -4.50. The van der Waals surface area contributed by atoms with Crippen LogP contribution >= 0.6 is 0 Å². The Morgan fingerprint density at radius 1 is 1.06 bits per heavy atom. The molecule has 1 aliphatic rings. The highest BCUT2D eigenvalue weighted by Gasteiger charge is 2.42. The molecule has 1 heterocycles. The molecule has 2 aromatic carbocycles. The molecule has 2 aromatic rings. The quantitative estimate of drug-likeness (QED) is 0.485. The van der Waals surface area contributed by atoms with Gasteiger partial charge in [-0.05, 0) is 49.1 Å². The molecule has 0 radical (unpaired) electrons. The second-order valence-corrected chi connectivity index (χ2v) is 10.2. The van der Waals surface area contributed by atoms with E-state index in [1.807, 2.05) is 0 Å². The summed E-state index contributed by atoms with van der Waals surface area (Å²) in [5.41, 5.74) is -0.759. The number of halogens is 3. The molecule has 1 aliphatic heterocycles. The Morgan fingerprint density at radius 2 is 1.64 bits per heavy atom. The number of benzene rings is 2. The Bertz CT molecular complexity index is 1170. The van der Waals surface area contributed by atoms with E-state index in [2.05, 4.69) is 0 Å². The van der Waals surface area contributed by atoms with Gasteiger partial charge in [0, 0.05) is 24.1 Å². The van der Waals surface area contributed by atoms with Crippen molar-refractivity contribution in [3.63, 3.8) is 0 Å². The first-order valence-electron chi connectivity index (χ1n) is 11.1. The first-order chi connectivity index (χ1) is 16.8. The number of hydrogen-bond donors (Lipinski definition) is 1. The lowest BCUT2D eigenvalue weighted by molar-refractivity contribution is -0.137. The molecule has 3 rings (SSSR count). The van der Waals surface area contributed by atoms with E-state index in [-0.39, 0.29) is 30.9 Å². The van der Waals surface area contributed by atoms with Gasteiger partial charge in [-0.1, -0.05) is 12.1 Å². The summed E-state index contributed by atoms with van der Waals surface area (Å²) in [5.74, 6) is 0.0687. The fraction of sp³-hybridized carbons (Fsp3) is 0.458. The van der Waals surface area contributed by atoms with Gasteiger partial charge in [-0.25, -0.2) is 0 Å². The van der Waals surface area contributed by atoms with Crippen LogP contribution < -0.4 is 14.2 Å². The summed E-state index contributed by atoms with van der Waals surface area (Å²) in [7, 11) is 0.0689. The van der Waals surface area contributed by atoms with Gasteiger partial charge in [0.25, 0.3) is 16.0 Å². The number of carbonyl (C=O) groups is 1. The topological polar surface area (TPSA) is 102 Å². The number of nitrogens with zero attached hydrogens (tertiary/aromatic N) is 1. The molecule has 198 valence electrons. The maximum Gasteiger partial charge on any atom is 0.416 e. The SMILES string of the molecule is COc1cc(C(=O)N2CCC(CCCS(=O)(=O)O)(c3ccc(C(F)(F)F)cc3)C2)cc(OC)c1OC. The van der Waals surface area contributed by atoms with Crippen molar-refractivity contribution in [2.45, 2.75) is 30.9 Å². The van der Waals surface area contributed by atoms with E-state index in [1.54, 1.807) is 4.90 Å². The van der Waals surface area contributed by atoms with Crippen molar-refractivity contribution in [2.24, 2.45) is 0 Å². The number of likely N-dealkylation sites (tertiary alicyclic amines) is 1. The molecule has 8 nitrogen and oxygen atoms in total.